The lowest BCUT2D eigenvalue weighted by Gasteiger charge is -2.18. The summed E-state index contributed by atoms with van der Waals surface area (Å²) in [6, 6.07) is 14.2. The van der Waals surface area contributed by atoms with Gasteiger partial charge in [-0.3, -0.25) is 10.1 Å². The van der Waals surface area contributed by atoms with Gasteiger partial charge in [0.2, 0.25) is 0 Å². The first-order chi connectivity index (χ1) is 11.2. The average Bonchev–Trinajstić information content (AvgIpc) is 3.10. The van der Waals surface area contributed by atoms with Gasteiger partial charge in [-0.2, -0.15) is 5.26 Å². The van der Waals surface area contributed by atoms with Crippen LogP contribution >= 0.6 is 0 Å². The summed E-state index contributed by atoms with van der Waals surface area (Å²) in [6.07, 6.45) is 2.46. The molecule has 0 atom stereocenters. The van der Waals surface area contributed by atoms with Crippen LogP contribution in [0.5, 0.6) is 0 Å². The molecule has 0 bridgehead atoms. The lowest BCUT2D eigenvalue weighted by atomic mass is 10.1. The third-order valence-corrected chi connectivity index (χ3v) is 3.95. The third kappa shape index (κ3) is 3.24. The molecule has 116 valence electrons. The van der Waals surface area contributed by atoms with E-state index in [1.54, 1.807) is 6.07 Å². The summed E-state index contributed by atoms with van der Waals surface area (Å²) in [6.45, 7) is 2.18. The van der Waals surface area contributed by atoms with Gasteiger partial charge in [-0.1, -0.05) is 0 Å². The van der Waals surface area contributed by atoms with Gasteiger partial charge in [0.1, 0.15) is 6.07 Å². The molecule has 6 heteroatoms. The second kappa shape index (κ2) is 6.36. The van der Waals surface area contributed by atoms with E-state index in [0.717, 1.165) is 18.8 Å². The van der Waals surface area contributed by atoms with E-state index in [1.165, 1.54) is 30.7 Å². The summed E-state index contributed by atoms with van der Waals surface area (Å²) < 4.78 is 0. The zero-order valence-corrected chi connectivity index (χ0v) is 12.5. The number of non-ortho nitro benzene ring substituents is 1. The predicted molar refractivity (Wildman–Crippen MR) is 89.0 cm³/mol. The Balaban J connectivity index is 1.79. The average molecular weight is 308 g/mol. The molecule has 0 unspecified atom stereocenters. The molecule has 0 amide bonds. The molecule has 1 aliphatic heterocycles. The highest BCUT2D eigenvalue weighted by molar-refractivity contribution is 5.69. The predicted octanol–water partition coefficient (Wildman–Crippen LogP) is 3.81. The molecule has 0 spiro atoms. The monoisotopic (exact) mass is 308 g/mol. The van der Waals surface area contributed by atoms with Crippen molar-refractivity contribution in [3.05, 3.63) is 58.1 Å². The summed E-state index contributed by atoms with van der Waals surface area (Å²) in [4.78, 5) is 12.6. The minimum atomic E-state index is -0.505. The van der Waals surface area contributed by atoms with Crippen LogP contribution in [0.2, 0.25) is 0 Å². The number of nitrogens with zero attached hydrogens (tertiary/aromatic N) is 3. The van der Waals surface area contributed by atoms with Crippen LogP contribution < -0.4 is 10.2 Å². The quantitative estimate of drug-likeness (QED) is 0.686. The van der Waals surface area contributed by atoms with Crippen molar-refractivity contribution in [1.29, 1.82) is 5.26 Å². The number of rotatable bonds is 4. The van der Waals surface area contributed by atoms with E-state index >= 15 is 0 Å². The Labute approximate surface area is 134 Å². The number of nitro groups is 1. The first kappa shape index (κ1) is 14.9. The maximum atomic E-state index is 10.8. The lowest BCUT2D eigenvalue weighted by Crippen LogP contribution is -2.17. The Morgan fingerprint density at radius 2 is 1.83 bits per heavy atom. The number of hydrogen-bond acceptors (Lipinski definition) is 5. The zero-order valence-electron chi connectivity index (χ0n) is 12.5. The molecule has 0 saturated carbocycles. The minimum absolute atomic E-state index is 0.0866. The van der Waals surface area contributed by atoms with E-state index in [9.17, 15) is 15.4 Å². The van der Waals surface area contributed by atoms with E-state index in [-0.39, 0.29) is 11.3 Å². The molecule has 1 saturated heterocycles. The molecule has 1 heterocycles. The number of nitriles is 1. The Bertz CT molecular complexity index is 759. The van der Waals surface area contributed by atoms with Gasteiger partial charge in [0.25, 0.3) is 5.69 Å². The van der Waals surface area contributed by atoms with Crippen molar-refractivity contribution >= 4 is 22.7 Å². The van der Waals surface area contributed by atoms with E-state index < -0.39 is 4.92 Å². The standard InChI is InChI=1S/C17H16N4O2/c18-12-13-11-16(21(22)23)7-8-17(13)19-14-3-5-15(6-4-14)20-9-1-2-10-20/h3-8,11,19H,1-2,9-10H2. The third-order valence-electron chi connectivity index (χ3n) is 3.95. The Kier molecular flexibility index (Phi) is 4.11. The van der Waals surface area contributed by atoms with Crippen LogP contribution in [-0.2, 0) is 0 Å². The fourth-order valence-corrected chi connectivity index (χ4v) is 2.73. The summed E-state index contributed by atoms with van der Waals surface area (Å²) in [7, 11) is 0. The van der Waals surface area contributed by atoms with Crippen molar-refractivity contribution in [2.24, 2.45) is 0 Å². The van der Waals surface area contributed by atoms with Crippen molar-refractivity contribution in [2.75, 3.05) is 23.3 Å². The highest BCUT2D eigenvalue weighted by Gasteiger charge is 2.13. The fourth-order valence-electron chi connectivity index (χ4n) is 2.73. The highest BCUT2D eigenvalue weighted by Crippen LogP contribution is 2.27. The van der Waals surface area contributed by atoms with Crippen molar-refractivity contribution in [3.8, 4) is 6.07 Å². The molecule has 1 fully saturated rings. The number of nitro benzene ring substituents is 1. The lowest BCUT2D eigenvalue weighted by molar-refractivity contribution is -0.384. The van der Waals surface area contributed by atoms with Crippen molar-refractivity contribution in [2.45, 2.75) is 12.8 Å². The van der Waals surface area contributed by atoms with Crippen LogP contribution in [0.15, 0.2) is 42.5 Å². The largest absolute Gasteiger partial charge is 0.372 e. The van der Waals surface area contributed by atoms with E-state index in [4.69, 9.17) is 0 Å². The van der Waals surface area contributed by atoms with Crippen molar-refractivity contribution in [3.63, 3.8) is 0 Å². The van der Waals surface area contributed by atoms with Crippen molar-refractivity contribution < 1.29 is 4.92 Å². The van der Waals surface area contributed by atoms with Gasteiger partial charge in [-0.05, 0) is 43.2 Å². The maximum Gasteiger partial charge on any atom is 0.270 e. The van der Waals surface area contributed by atoms with Gasteiger partial charge >= 0.3 is 0 Å². The van der Waals surface area contributed by atoms with Crippen LogP contribution in [-0.4, -0.2) is 18.0 Å². The summed E-state index contributed by atoms with van der Waals surface area (Å²) in [5.74, 6) is 0. The zero-order chi connectivity index (χ0) is 16.2. The van der Waals surface area contributed by atoms with Crippen LogP contribution in [0.25, 0.3) is 0 Å². The smallest absolute Gasteiger partial charge is 0.270 e. The molecular weight excluding hydrogens is 292 g/mol. The van der Waals surface area contributed by atoms with E-state index in [1.807, 2.05) is 30.3 Å². The first-order valence-electron chi connectivity index (χ1n) is 7.48. The number of benzene rings is 2. The second-order valence-electron chi connectivity index (χ2n) is 5.46. The van der Waals surface area contributed by atoms with Gasteiger partial charge in [-0.15, -0.1) is 0 Å². The molecule has 2 aromatic rings. The molecule has 0 aliphatic carbocycles. The van der Waals surface area contributed by atoms with Crippen molar-refractivity contribution in [1.82, 2.24) is 0 Å². The van der Waals surface area contributed by atoms with Gasteiger partial charge in [0, 0.05) is 36.6 Å². The molecule has 1 N–H and O–H groups in total. The highest BCUT2D eigenvalue weighted by atomic mass is 16.6. The van der Waals surface area contributed by atoms with Crippen LogP contribution in [0.3, 0.4) is 0 Å². The van der Waals surface area contributed by atoms with Crippen LogP contribution in [0.4, 0.5) is 22.7 Å². The van der Waals surface area contributed by atoms with E-state index in [0.29, 0.717) is 5.69 Å². The van der Waals surface area contributed by atoms with Crippen LogP contribution in [0, 0.1) is 21.4 Å². The summed E-state index contributed by atoms with van der Waals surface area (Å²) in [5.41, 5.74) is 2.77. The number of hydrogen-bond donors (Lipinski definition) is 1. The van der Waals surface area contributed by atoms with Gasteiger partial charge in [0.05, 0.1) is 16.2 Å². The van der Waals surface area contributed by atoms with Gasteiger partial charge in [0.15, 0.2) is 0 Å². The molecule has 2 aromatic carbocycles. The van der Waals surface area contributed by atoms with Gasteiger partial charge < -0.3 is 10.2 Å². The minimum Gasteiger partial charge on any atom is -0.372 e. The molecular formula is C17H16N4O2. The SMILES string of the molecule is N#Cc1cc([N+](=O)[O-])ccc1Nc1ccc(N2CCCC2)cc1. The molecule has 23 heavy (non-hydrogen) atoms. The summed E-state index contributed by atoms with van der Waals surface area (Å²) >= 11 is 0. The number of nitrogens with one attached hydrogen (secondary N) is 1. The molecule has 6 nitrogen and oxygen atoms in total. The first-order valence-corrected chi connectivity index (χ1v) is 7.48. The molecule has 0 radical (unpaired) electrons. The summed E-state index contributed by atoms with van der Waals surface area (Å²) in [5, 5.41) is 23.1. The van der Waals surface area contributed by atoms with E-state index in [2.05, 4.69) is 10.2 Å². The molecule has 1 aliphatic rings. The maximum absolute atomic E-state index is 10.8. The van der Waals surface area contributed by atoms with Crippen LogP contribution in [0.1, 0.15) is 18.4 Å². The number of anilines is 3. The Morgan fingerprint density at radius 1 is 1.13 bits per heavy atom. The topological polar surface area (TPSA) is 82.2 Å². The normalized spacial score (nSPS) is 13.6. The Hall–Kier alpha value is -3.07. The Morgan fingerprint density at radius 3 is 2.43 bits per heavy atom. The second-order valence-corrected chi connectivity index (χ2v) is 5.46. The molecule has 0 aromatic heterocycles. The van der Waals surface area contributed by atoms with Gasteiger partial charge in [-0.25, -0.2) is 0 Å². The fraction of sp³-hybridized carbons (Fsp3) is 0.235. The molecule has 3 rings (SSSR count).